The first-order valence-corrected chi connectivity index (χ1v) is 2.01. The first kappa shape index (κ1) is 5.96. The number of hydrogen-bond acceptors (Lipinski definition) is 1. The number of hydrogen-bond donors (Lipinski definition) is 0. The predicted octanol–water partition coefficient (Wildman–Crippen LogP) is 1.43. The van der Waals surface area contributed by atoms with Crippen molar-refractivity contribution in [1.82, 2.24) is 0 Å². The second-order valence-corrected chi connectivity index (χ2v) is 1.47. The normalized spacial score (nSPS) is 30.5. The second kappa shape index (κ2) is 2.19. The fraction of sp³-hybridized carbons (Fsp3) is 1.00. The van der Waals surface area contributed by atoms with Gasteiger partial charge >= 0.3 is 0 Å². The van der Waals surface area contributed by atoms with E-state index in [9.17, 15) is 0 Å². The first-order valence-electron chi connectivity index (χ1n) is 2.01. The highest BCUT2D eigenvalue weighted by Crippen LogP contribution is 2.07. The van der Waals surface area contributed by atoms with Crippen molar-refractivity contribution in [3.63, 3.8) is 0 Å². The highest BCUT2D eigenvalue weighted by Gasteiger charge is 2.09. The van der Waals surface area contributed by atoms with Gasteiger partial charge in [0.25, 0.3) is 0 Å². The molecular formula is C5H12O. The highest BCUT2D eigenvalue weighted by molar-refractivity contribution is 4.57. The molecule has 1 aliphatic heterocycles. The van der Waals surface area contributed by atoms with Crippen molar-refractivity contribution in [3.8, 4) is 0 Å². The molecule has 1 heterocycles. The fourth-order valence-corrected chi connectivity index (χ4v) is 0.354. The molecule has 1 unspecified atom stereocenters. The van der Waals surface area contributed by atoms with Crippen molar-refractivity contribution in [1.29, 1.82) is 0 Å². The third-order valence-corrected chi connectivity index (χ3v) is 0.927. The minimum absolute atomic E-state index is 0. The van der Waals surface area contributed by atoms with Crippen LogP contribution < -0.4 is 0 Å². The van der Waals surface area contributed by atoms with Crippen LogP contribution in [0.4, 0.5) is 0 Å². The summed E-state index contributed by atoms with van der Waals surface area (Å²) in [5.74, 6) is 0. The highest BCUT2D eigenvalue weighted by atomic mass is 16.5. The molecule has 1 fully saturated rings. The van der Waals surface area contributed by atoms with E-state index in [1.54, 1.807) is 0 Å². The van der Waals surface area contributed by atoms with Crippen LogP contribution in [0.3, 0.4) is 0 Å². The van der Waals surface area contributed by atoms with Gasteiger partial charge in [0.05, 0.1) is 6.10 Å². The average molecular weight is 88.2 g/mol. The molecule has 1 heteroatoms. The van der Waals surface area contributed by atoms with Crippen LogP contribution in [0.1, 0.15) is 20.8 Å². The van der Waals surface area contributed by atoms with E-state index in [2.05, 4.69) is 6.92 Å². The average Bonchev–Trinajstić information content (AvgIpc) is 1.30. The van der Waals surface area contributed by atoms with Crippen LogP contribution in [0.25, 0.3) is 0 Å². The van der Waals surface area contributed by atoms with Crippen LogP contribution in [0.5, 0.6) is 0 Å². The minimum Gasteiger partial charge on any atom is -0.378 e. The summed E-state index contributed by atoms with van der Waals surface area (Å²) >= 11 is 0. The molecular weight excluding hydrogens is 76.1 g/mol. The molecule has 1 aliphatic rings. The lowest BCUT2D eigenvalue weighted by molar-refractivity contribution is -0.0375. The van der Waals surface area contributed by atoms with E-state index in [0.29, 0.717) is 6.10 Å². The summed E-state index contributed by atoms with van der Waals surface area (Å²) in [6.07, 6.45) is 1.83. The zero-order chi connectivity index (χ0) is 3.70. The van der Waals surface area contributed by atoms with E-state index < -0.39 is 0 Å². The van der Waals surface area contributed by atoms with Crippen LogP contribution in [0.2, 0.25) is 0 Å². The van der Waals surface area contributed by atoms with Crippen LogP contribution in [0.15, 0.2) is 0 Å². The summed E-state index contributed by atoms with van der Waals surface area (Å²) in [4.78, 5) is 0. The first-order chi connectivity index (χ1) is 2.39. The van der Waals surface area contributed by atoms with E-state index in [1.807, 2.05) is 0 Å². The molecule has 0 saturated carbocycles. The number of ether oxygens (including phenoxy) is 1. The second-order valence-electron chi connectivity index (χ2n) is 1.47. The summed E-state index contributed by atoms with van der Waals surface area (Å²) in [5, 5.41) is 0. The van der Waals surface area contributed by atoms with Gasteiger partial charge in [-0.15, -0.1) is 0 Å². The maximum Gasteiger partial charge on any atom is 0.0568 e. The summed E-state index contributed by atoms with van der Waals surface area (Å²) in [5.41, 5.74) is 0. The Morgan fingerprint density at radius 2 is 2.00 bits per heavy atom. The molecule has 0 spiro atoms. The van der Waals surface area contributed by atoms with E-state index in [1.165, 1.54) is 6.42 Å². The molecule has 0 amide bonds. The zero-order valence-electron chi connectivity index (χ0n) is 3.40. The smallest absolute Gasteiger partial charge is 0.0568 e. The molecule has 0 N–H and O–H groups in total. The Balaban J connectivity index is 0.000000250. The topological polar surface area (TPSA) is 9.23 Å². The van der Waals surface area contributed by atoms with Crippen LogP contribution >= 0.6 is 0 Å². The van der Waals surface area contributed by atoms with Crippen LogP contribution in [0, 0.1) is 0 Å². The van der Waals surface area contributed by atoms with Crippen molar-refractivity contribution >= 4 is 0 Å². The molecule has 38 valence electrons. The van der Waals surface area contributed by atoms with Gasteiger partial charge in [0, 0.05) is 6.61 Å². The lowest BCUT2D eigenvalue weighted by atomic mass is 10.2. The molecule has 6 heavy (non-hydrogen) atoms. The number of rotatable bonds is 0. The fourth-order valence-electron chi connectivity index (χ4n) is 0.354. The quantitative estimate of drug-likeness (QED) is 0.435. The molecule has 0 bridgehead atoms. The van der Waals surface area contributed by atoms with Gasteiger partial charge in [0.1, 0.15) is 0 Å². The van der Waals surface area contributed by atoms with Crippen LogP contribution in [-0.2, 0) is 4.74 Å². The molecule has 0 aromatic heterocycles. The standard InChI is InChI=1S/C4H8O.CH4/c1-4-2-3-5-4;/h4H,2-3H2,1H3;1H4. The van der Waals surface area contributed by atoms with Gasteiger partial charge in [0.2, 0.25) is 0 Å². The minimum atomic E-state index is 0. The van der Waals surface area contributed by atoms with E-state index in [-0.39, 0.29) is 7.43 Å². The molecule has 0 aromatic rings. The Hall–Kier alpha value is -0.0400. The van der Waals surface area contributed by atoms with Gasteiger partial charge in [0.15, 0.2) is 0 Å². The van der Waals surface area contributed by atoms with Gasteiger partial charge in [-0.25, -0.2) is 0 Å². The zero-order valence-corrected chi connectivity index (χ0v) is 3.40. The Morgan fingerprint density at radius 3 is 2.00 bits per heavy atom. The molecule has 0 aliphatic carbocycles. The monoisotopic (exact) mass is 88.1 g/mol. The predicted molar refractivity (Wildman–Crippen MR) is 26.8 cm³/mol. The van der Waals surface area contributed by atoms with Gasteiger partial charge in [-0.05, 0) is 13.3 Å². The SMILES string of the molecule is C.CC1CCO1. The van der Waals surface area contributed by atoms with Crippen molar-refractivity contribution < 1.29 is 4.74 Å². The third kappa shape index (κ3) is 0.977. The van der Waals surface area contributed by atoms with Crippen LogP contribution in [-0.4, -0.2) is 12.7 Å². The Bertz CT molecular complexity index is 30.9. The summed E-state index contributed by atoms with van der Waals surface area (Å²) < 4.78 is 4.93. The lowest BCUT2D eigenvalue weighted by Gasteiger charge is -2.20. The van der Waals surface area contributed by atoms with E-state index in [4.69, 9.17) is 4.74 Å². The molecule has 0 radical (unpaired) electrons. The van der Waals surface area contributed by atoms with Gasteiger partial charge in [-0.1, -0.05) is 7.43 Å². The van der Waals surface area contributed by atoms with Gasteiger partial charge in [-0.3, -0.25) is 0 Å². The molecule has 1 saturated heterocycles. The third-order valence-electron chi connectivity index (χ3n) is 0.927. The largest absolute Gasteiger partial charge is 0.378 e. The summed E-state index contributed by atoms with van der Waals surface area (Å²) in [6, 6.07) is 0. The Labute approximate surface area is 39.3 Å². The lowest BCUT2D eigenvalue weighted by Crippen LogP contribution is -2.22. The molecule has 0 aromatic carbocycles. The van der Waals surface area contributed by atoms with Crippen molar-refractivity contribution in [2.75, 3.05) is 6.61 Å². The van der Waals surface area contributed by atoms with Crippen molar-refractivity contribution in [3.05, 3.63) is 0 Å². The maximum atomic E-state index is 4.93. The Kier molecular flexibility index (Phi) is 2.18. The van der Waals surface area contributed by atoms with E-state index >= 15 is 0 Å². The molecule has 1 nitrogen and oxygen atoms in total. The van der Waals surface area contributed by atoms with Crippen molar-refractivity contribution in [2.45, 2.75) is 26.9 Å². The van der Waals surface area contributed by atoms with Gasteiger partial charge < -0.3 is 4.74 Å². The Morgan fingerprint density at radius 1 is 1.67 bits per heavy atom. The summed E-state index contributed by atoms with van der Waals surface area (Å²) in [7, 11) is 0. The van der Waals surface area contributed by atoms with Gasteiger partial charge in [-0.2, -0.15) is 0 Å². The molecule has 1 rings (SSSR count). The molecule has 1 atom stereocenters. The van der Waals surface area contributed by atoms with E-state index in [0.717, 1.165) is 6.61 Å². The maximum absolute atomic E-state index is 4.93. The van der Waals surface area contributed by atoms with Crippen molar-refractivity contribution in [2.24, 2.45) is 0 Å². The summed E-state index contributed by atoms with van der Waals surface area (Å²) in [6.45, 7) is 3.07.